The Bertz CT molecular complexity index is 1240. The van der Waals surface area contributed by atoms with Gasteiger partial charge in [-0.25, -0.2) is 9.97 Å². The van der Waals surface area contributed by atoms with Gasteiger partial charge in [-0.3, -0.25) is 4.79 Å². The molecule has 34 heavy (non-hydrogen) atoms. The van der Waals surface area contributed by atoms with Gasteiger partial charge in [-0.1, -0.05) is 72.8 Å². The van der Waals surface area contributed by atoms with Crippen LogP contribution in [-0.2, 0) is 17.8 Å². The number of para-hydroxylation sites is 1. The van der Waals surface area contributed by atoms with Gasteiger partial charge < -0.3 is 10.2 Å². The number of nitrogens with one attached hydrogen (secondary N) is 1. The molecule has 0 spiro atoms. The summed E-state index contributed by atoms with van der Waals surface area (Å²) in [5, 5.41) is 4.10. The van der Waals surface area contributed by atoms with Crippen molar-refractivity contribution in [2.75, 3.05) is 18.0 Å². The highest BCUT2D eigenvalue weighted by Gasteiger charge is 2.28. The van der Waals surface area contributed by atoms with E-state index in [9.17, 15) is 4.79 Å². The van der Waals surface area contributed by atoms with Crippen molar-refractivity contribution in [3.05, 3.63) is 102 Å². The van der Waals surface area contributed by atoms with Gasteiger partial charge >= 0.3 is 0 Å². The fourth-order valence-corrected chi connectivity index (χ4v) is 4.20. The van der Waals surface area contributed by atoms with Gasteiger partial charge in [0.1, 0.15) is 11.6 Å². The van der Waals surface area contributed by atoms with Crippen molar-refractivity contribution in [2.24, 2.45) is 0 Å². The zero-order valence-corrected chi connectivity index (χ0v) is 19.4. The second-order valence-corrected chi connectivity index (χ2v) is 8.93. The van der Waals surface area contributed by atoms with Gasteiger partial charge in [0.25, 0.3) is 0 Å². The van der Waals surface area contributed by atoms with Crippen LogP contribution in [0.3, 0.4) is 0 Å². The lowest BCUT2D eigenvalue weighted by molar-refractivity contribution is -0.121. The standard InChI is InChI=1S/C29H30N4O/c34-27(30-21-23-11-5-2-6-12-23)18-20-33(19-17-22-9-3-1-4-10-22)29-25-13-7-8-14-26(25)31-28(32-29)24-15-16-24/h1-14,24H,15-21H2,(H,30,34). The molecule has 1 aromatic heterocycles. The number of hydrogen-bond donors (Lipinski definition) is 1. The van der Waals surface area contributed by atoms with Crippen LogP contribution in [0, 0.1) is 0 Å². The van der Waals surface area contributed by atoms with Crippen LogP contribution in [0.5, 0.6) is 0 Å². The minimum Gasteiger partial charge on any atom is -0.355 e. The molecule has 1 aliphatic rings. The molecule has 0 atom stereocenters. The minimum atomic E-state index is 0.0503. The number of aromatic nitrogens is 2. The van der Waals surface area contributed by atoms with Gasteiger partial charge in [0, 0.05) is 37.4 Å². The van der Waals surface area contributed by atoms with Crippen LogP contribution in [0.15, 0.2) is 84.9 Å². The Morgan fingerprint density at radius 2 is 1.50 bits per heavy atom. The van der Waals surface area contributed by atoms with E-state index in [0.717, 1.165) is 53.9 Å². The number of carbonyl (C=O) groups excluding carboxylic acids is 1. The van der Waals surface area contributed by atoms with Gasteiger partial charge in [-0.15, -0.1) is 0 Å². The van der Waals surface area contributed by atoms with Crippen LogP contribution in [0.1, 0.15) is 42.1 Å². The van der Waals surface area contributed by atoms with E-state index in [1.54, 1.807) is 0 Å². The van der Waals surface area contributed by atoms with Crippen molar-refractivity contribution in [3.63, 3.8) is 0 Å². The predicted molar refractivity (Wildman–Crippen MR) is 137 cm³/mol. The first-order valence-electron chi connectivity index (χ1n) is 12.1. The van der Waals surface area contributed by atoms with E-state index in [1.807, 2.05) is 48.5 Å². The van der Waals surface area contributed by atoms with Gasteiger partial charge in [0.15, 0.2) is 0 Å². The lowest BCUT2D eigenvalue weighted by Crippen LogP contribution is -2.33. The summed E-state index contributed by atoms with van der Waals surface area (Å²) < 4.78 is 0. The van der Waals surface area contributed by atoms with Crippen LogP contribution >= 0.6 is 0 Å². The van der Waals surface area contributed by atoms with Crippen LogP contribution in [0.2, 0.25) is 0 Å². The van der Waals surface area contributed by atoms with Crippen molar-refractivity contribution in [1.29, 1.82) is 0 Å². The third-order valence-electron chi connectivity index (χ3n) is 6.30. The molecule has 0 radical (unpaired) electrons. The Hall–Kier alpha value is -3.73. The molecule has 5 nitrogen and oxygen atoms in total. The highest BCUT2D eigenvalue weighted by Crippen LogP contribution is 2.39. The third-order valence-corrected chi connectivity index (χ3v) is 6.30. The molecule has 0 unspecified atom stereocenters. The lowest BCUT2D eigenvalue weighted by atomic mass is 10.1. The van der Waals surface area contributed by atoms with E-state index < -0.39 is 0 Å². The summed E-state index contributed by atoms with van der Waals surface area (Å²) in [6.07, 6.45) is 3.62. The van der Waals surface area contributed by atoms with Crippen LogP contribution in [-0.4, -0.2) is 29.0 Å². The first-order chi connectivity index (χ1) is 16.8. The summed E-state index contributed by atoms with van der Waals surface area (Å²) in [6, 6.07) is 28.7. The monoisotopic (exact) mass is 450 g/mol. The zero-order chi connectivity index (χ0) is 23.2. The van der Waals surface area contributed by atoms with Gasteiger partial charge in [-0.2, -0.15) is 0 Å². The molecule has 172 valence electrons. The van der Waals surface area contributed by atoms with E-state index in [4.69, 9.17) is 9.97 Å². The first kappa shape index (κ1) is 22.1. The molecular formula is C29H30N4O. The number of fused-ring (bicyclic) bond motifs is 1. The smallest absolute Gasteiger partial charge is 0.222 e. The molecule has 0 saturated heterocycles. The van der Waals surface area contributed by atoms with Crippen LogP contribution in [0.25, 0.3) is 10.9 Å². The summed E-state index contributed by atoms with van der Waals surface area (Å²) in [6.45, 7) is 1.95. The van der Waals surface area contributed by atoms with Crippen molar-refractivity contribution in [3.8, 4) is 0 Å². The highest BCUT2D eigenvalue weighted by atomic mass is 16.1. The number of rotatable bonds is 10. The number of anilines is 1. The number of amides is 1. The fraction of sp³-hybridized carbons (Fsp3) is 0.276. The molecule has 1 fully saturated rings. The largest absolute Gasteiger partial charge is 0.355 e. The van der Waals surface area contributed by atoms with E-state index in [1.165, 1.54) is 5.56 Å². The van der Waals surface area contributed by atoms with Gasteiger partial charge in [0.2, 0.25) is 5.91 Å². The molecular weight excluding hydrogens is 420 g/mol. The topological polar surface area (TPSA) is 58.1 Å². The van der Waals surface area contributed by atoms with Gasteiger partial charge in [0.05, 0.1) is 5.52 Å². The Morgan fingerprint density at radius 3 is 2.24 bits per heavy atom. The van der Waals surface area contributed by atoms with Crippen molar-refractivity contribution in [1.82, 2.24) is 15.3 Å². The second kappa shape index (κ2) is 10.5. The number of carbonyl (C=O) groups is 1. The molecule has 5 rings (SSSR count). The lowest BCUT2D eigenvalue weighted by Gasteiger charge is -2.25. The maximum absolute atomic E-state index is 12.7. The Kier molecular flexibility index (Phi) is 6.80. The molecule has 3 aromatic carbocycles. The Morgan fingerprint density at radius 1 is 0.824 bits per heavy atom. The van der Waals surface area contributed by atoms with Crippen molar-refractivity contribution < 1.29 is 4.79 Å². The van der Waals surface area contributed by atoms with Crippen LogP contribution in [0.4, 0.5) is 5.82 Å². The number of benzene rings is 3. The van der Waals surface area contributed by atoms with E-state index in [0.29, 0.717) is 25.4 Å². The summed E-state index contributed by atoms with van der Waals surface area (Å²) in [5.41, 5.74) is 3.36. The molecule has 5 heteroatoms. The van der Waals surface area contributed by atoms with E-state index >= 15 is 0 Å². The normalized spacial score (nSPS) is 13.1. The molecule has 0 bridgehead atoms. The minimum absolute atomic E-state index is 0.0503. The zero-order valence-electron chi connectivity index (χ0n) is 19.4. The number of hydrogen-bond acceptors (Lipinski definition) is 4. The summed E-state index contributed by atoms with van der Waals surface area (Å²) in [7, 11) is 0. The Balaban J connectivity index is 1.35. The summed E-state index contributed by atoms with van der Waals surface area (Å²) in [4.78, 5) is 24.8. The molecule has 1 heterocycles. The van der Waals surface area contributed by atoms with E-state index in [2.05, 4.69) is 46.6 Å². The molecule has 1 saturated carbocycles. The molecule has 1 N–H and O–H groups in total. The number of nitrogens with zero attached hydrogens (tertiary/aromatic N) is 3. The average Bonchev–Trinajstić information content (AvgIpc) is 3.74. The van der Waals surface area contributed by atoms with E-state index in [-0.39, 0.29) is 5.91 Å². The molecule has 4 aromatic rings. The maximum atomic E-state index is 12.7. The SMILES string of the molecule is O=C(CCN(CCc1ccccc1)c1nc(C2CC2)nc2ccccc12)NCc1ccccc1. The van der Waals surface area contributed by atoms with Gasteiger partial charge in [-0.05, 0) is 42.5 Å². The highest BCUT2D eigenvalue weighted by molar-refractivity contribution is 5.90. The van der Waals surface area contributed by atoms with Crippen LogP contribution < -0.4 is 10.2 Å². The quantitative estimate of drug-likeness (QED) is 0.358. The van der Waals surface area contributed by atoms with Crippen molar-refractivity contribution in [2.45, 2.75) is 38.1 Å². The Labute approximate surface area is 200 Å². The third kappa shape index (κ3) is 5.60. The molecule has 1 aliphatic carbocycles. The maximum Gasteiger partial charge on any atom is 0.222 e. The summed E-state index contributed by atoms with van der Waals surface area (Å²) in [5.74, 6) is 2.40. The molecule has 0 aliphatic heterocycles. The molecule has 1 amide bonds. The second-order valence-electron chi connectivity index (χ2n) is 8.93. The van der Waals surface area contributed by atoms with Crippen molar-refractivity contribution >= 4 is 22.6 Å². The first-order valence-corrected chi connectivity index (χ1v) is 12.1. The fourth-order valence-electron chi connectivity index (χ4n) is 4.20. The average molecular weight is 451 g/mol. The summed E-state index contributed by atoms with van der Waals surface area (Å²) >= 11 is 0. The predicted octanol–water partition coefficient (Wildman–Crippen LogP) is 5.26.